The second-order valence-electron chi connectivity index (χ2n) is 8.79. The first-order chi connectivity index (χ1) is 19.3. The summed E-state index contributed by atoms with van der Waals surface area (Å²) < 4.78 is 41.0. The molecule has 0 radical (unpaired) electrons. The minimum absolute atomic E-state index is 0.0230. The maximum Gasteiger partial charge on any atom is 0.416 e. The third kappa shape index (κ3) is 7.34. The number of benzene rings is 3. The largest absolute Gasteiger partial charge is 0.416 e. The molecule has 41 heavy (non-hydrogen) atoms. The number of nitrogens with zero attached hydrogens (tertiary/aromatic N) is 3. The molecule has 7 nitrogen and oxygen atoms in total. The second kappa shape index (κ2) is 12.7. The van der Waals surface area contributed by atoms with Crippen LogP contribution in [0.4, 0.5) is 18.9 Å². The number of hydrogen-bond acceptors (Lipinski definition) is 5. The number of carbonyl (C=O) groups is 2. The SMILES string of the molecule is Cc1cccc(-n2c(CNC(=O)c3ccc(Cl)cc3Cl)nnc2SCC(=O)Nc2cc(C(F)(F)F)ccc2Cl)c1C. The molecule has 0 bridgehead atoms. The van der Waals surface area contributed by atoms with Gasteiger partial charge >= 0.3 is 6.18 Å². The summed E-state index contributed by atoms with van der Waals surface area (Å²) in [6, 6.07) is 12.8. The second-order valence-corrected chi connectivity index (χ2v) is 11.0. The molecule has 4 rings (SSSR count). The molecular formula is C27H21Cl3F3N5O2S. The fourth-order valence-electron chi connectivity index (χ4n) is 3.77. The summed E-state index contributed by atoms with van der Waals surface area (Å²) in [7, 11) is 0. The van der Waals surface area contributed by atoms with Crippen molar-refractivity contribution in [3.8, 4) is 5.69 Å². The molecule has 0 fully saturated rings. The highest BCUT2D eigenvalue weighted by Gasteiger charge is 2.31. The van der Waals surface area contributed by atoms with E-state index in [0.717, 1.165) is 46.8 Å². The first kappa shape index (κ1) is 30.7. The third-order valence-corrected chi connectivity index (χ3v) is 7.81. The van der Waals surface area contributed by atoms with Gasteiger partial charge in [0.2, 0.25) is 5.91 Å². The fourth-order valence-corrected chi connectivity index (χ4v) is 5.19. The molecule has 0 spiro atoms. The Hall–Kier alpha value is -3.25. The van der Waals surface area contributed by atoms with Crippen LogP contribution < -0.4 is 10.6 Å². The summed E-state index contributed by atoms with van der Waals surface area (Å²) in [5, 5.41) is 14.5. The van der Waals surface area contributed by atoms with Crippen LogP contribution in [0.3, 0.4) is 0 Å². The number of thioether (sulfide) groups is 1. The van der Waals surface area contributed by atoms with E-state index in [1.807, 2.05) is 32.0 Å². The van der Waals surface area contributed by atoms with Crippen molar-refractivity contribution in [2.75, 3.05) is 11.1 Å². The van der Waals surface area contributed by atoms with Crippen molar-refractivity contribution in [2.45, 2.75) is 31.7 Å². The monoisotopic (exact) mass is 641 g/mol. The minimum Gasteiger partial charge on any atom is -0.345 e. The summed E-state index contributed by atoms with van der Waals surface area (Å²) in [5.41, 5.74) is 1.77. The topological polar surface area (TPSA) is 88.9 Å². The number of nitrogens with one attached hydrogen (secondary N) is 2. The Kier molecular flexibility index (Phi) is 9.53. The van der Waals surface area contributed by atoms with E-state index < -0.39 is 23.6 Å². The van der Waals surface area contributed by atoms with Gasteiger partial charge in [0.15, 0.2) is 11.0 Å². The van der Waals surface area contributed by atoms with Crippen LogP contribution in [0.15, 0.2) is 59.8 Å². The Bertz CT molecular complexity index is 1630. The molecule has 2 N–H and O–H groups in total. The van der Waals surface area contributed by atoms with Gasteiger partial charge < -0.3 is 10.6 Å². The highest BCUT2D eigenvalue weighted by molar-refractivity contribution is 7.99. The number of aryl methyl sites for hydroxylation is 1. The maximum atomic E-state index is 13.1. The zero-order valence-electron chi connectivity index (χ0n) is 21.4. The molecule has 4 aromatic rings. The van der Waals surface area contributed by atoms with Gasteiger partial charge in [-0.3, -0.25) is 14.2 Å². The Balaban J connectivity index is 1.56. The lowest BCUT2D eigenvalue weighted by molar-refractivity contribution is -0.137. The van der Waals surface area contributed by atoms with Crippen molar-refractivity contribution in [3.05, 3.63) is 97.7 Å². The summed E-state index contributed by atoms with van der Waals surface area (Å²) in [6.07, 6.45) is -4.59. The lowest BCUT2D eigenvalue weighted by Gasteiger charge is -2.15. The van der Waals surface area contributed by atoms with E-state index in [9.17, 15) is 22.8 Å². The molecule has 0 aliphatic carbocycles. The van der Waals surface area contributed by atoms with Crippen LogP contribution in [0.5, 0.6) is 0 Å². The molecule has 1 aromatic heterocycles. The van der Waals surface area contributed by atoms with Crippen LogP contribution in [0.2, 0.25) is 15.1 Å². The standard InChI is InChI=1S/C27H21Cl3F3N5O2S/c1-14-4-3-5-22(15(14)2)38-23(12-34-25(40)18-8-7-17(28)11-20(18)30)36-37-26(38)41-13-24(39)35-21-10-16(27(31,32)33)6-9-19(21)29/h3-11H,12-13H2,1-2H3,(H,34,40)(H,35,39). The smallest absolute Gasteiger partial charge is 0.345 e. The van der Waals surface area contributed by atoms with E-state index in [0.29, 0.717) is 16.0 Å². The van der Waals surface area contributed by atoms with Crippen LogP contribution in [-0.4, -0.2) is 32.3 Å². The van der Waals surface area contributed by atoms with Gasteiger partial charge in [-0.05, 0) is 67.4 Å². The normalized spacial score (nSPS) is 11.4. The molecule has 0 saturated carbocycles. The predicted molar refractivity (Wildman–Crippen MR) is 154 cm³/mol. The summed E-state index contributed by atoms with van der Waals surface area (Å²) in [4.78, 5) is 25.5. The van der Waals surface area contributed by atoms with Gasteiger partial charge in [0, 0.05) is 5.02 Å². The Morgan fingerprint density at radius 3 is 2.44 bits per heavy atom. The maximum absolute atomic E-state index is 13.1. The molecule has 0 saturated heterocycles. The van der Waals surface area contributed by atoms with Crippen molar-refractivity contribution < 1.29 is 22.8 Å². The average molecular weight is 643 g/mol. The van der Waals surface area contributed by atoms with Crippen LogP contribution in [-0.2, 0) is 17.5 Å². The molecule has 2 amide bonds. The number of hydrogen-bond donors (Lipinski definition) is 2. The van der Waals surface area contributed by atoms with E-state index in [2.05, 4.69) is 20.8 Å². The summed E-state index contributed by atoms with van der Waals surface area (Å²) in [6.45, 7) is 3.83. The third-order valence-electron chi connectivity index (χ3n) is 6.00. The molecule has 0 aliphatic heterocycles. The predicted octanol–water partition coefficient (Wildman–Crippen LogP) is 7.52. The molecule has 0 unspecified atom stereocenters. The van der Waals surface area contributed by atoms with Crippen molar-refractivity contribution in [2.24, 2.45) is 0 Å². The quantitative estimate of drug-likeness (QED) is 0.194. The highest BCUT2D eigenvalue weighted by Crippen LogP contribution is 2.34. The fraction of sp³-hybridized carbons (Fsp3) is 0.185. The number of carbonyl (C=O) groups excluding carboxylic acids is 2. The zero-order chi connectivity index (χ0) is 29.9. The van der Waals surface area contributed by atoms with Crippen LogP contribution >= 0.6 is 46.6 Å². The van der Waals surface area contributed by atoms with E-state index >= 15 is 0 Å². The van der Waals surface area contributed by atoms with Gasteiger partial charge in [-0.15, -0.1) is 10.2 Å². The van der Waals surface area contributed by atoms with Gasteiger partial charge in [-0.25, -0.2) is 0 Å². The van der Waals surface area contributed by atoms with Crippen molar-refractivity contribution in [1.82, 2.24) is 20.1 Å². The van der Waals surface area contributed by atoms with Crippen LogP contribution in [0, 0.1) is 13.8 Å². The molecular weight excluding hydrogens is 622 g/mol. The molecule has 3 aromatic carbocycles. The van der Waals surface area contributed by atoms with Gasteiger partial charge in [-0.2, -0.15) is 13.2 Å². The Labute approximate surface area is 252 Å². The molecule has 14 heteroatoms. The molecule has 214 valence electrons. The molecule has 0 atom stereocenters. The number of aromatic nitrogens is 3. The van der Waals surface area contributed by atoms with Gasteiger partial charge in [-0.1, -0.05) is 58.7 Å². The first-order valence-electron chi connectivity index (χ1n) is 11.9. The zero-order valence-corrected chi connectivity index (χ0v) is 24.5. The van der Waals surface area contributed by atoms with Crippen LogP contribution in [0.25, 0.3) is 5.69 Å². The highest BCUT2D eigenvalue weighted by atomic mass is 35.5. The van der Waals surface area contributed by atoms with Crippen molar-refractivity contribution in [1.29, 1.82) is 0 Å². The van der Waals surface area contributed by atoms with E-state index in [4.69, 9.17) is 34.8 Å². The lowest BCUT2D eigenvalue weighted by atomic mass is 10.1. The number of halogens is 6. The number of alkyl halides is 3. The van der Waals surface area contributed by atoms with Crippen molar-refractivity contribution >= 4 is 64.1 Å². The number of amides is 2. The first-order valence-corrected chi connectivity index (χ1v) is 14.0. The van der Waals surface area contributed by atoms with E-state index in [1.165, 1.54) is 12.1 Å². The van der Waals surface area contributed by atoms with Gasteiger partial charge in [0.05, 0.1) is 44.8 Å². The number of anilines is 1. The number of rotatable bonds is 8. The van der Waals surface area contributed by atoms with E-state index in [1.54, 1.807) is 10.6 Å². The Morgan fingerprint density at radius 1 is 0.976 bits per heavy atom. The van der Waals surface area contributed by atoms with Crippen molar-refractivity contribution in [3.63, 3.8) is 0 Å². The Morgan fingerprint density at radius 2 is 1.73 bits per heavy atom. The molecule has 1 heterocycles. The minimum atomic E-state index is -4.59. The summed E-state index contributed by atoms with van der Waals surface area (Å²) in [5.74, 6) is -0.879. The van der Waals surface area contributed by atoms with Gasteiger partial charge in [0.1, 0.15) is 0 Å². The van der Waals surface area contributed by atoms with E-state index in [-0.39, 0.29) is 33.6 Å². The molecule has 0 aliphatic rings. The average Bonchev–Trinajstić information content (AvgIpc) is 3.30. The summed E-state index contributed by atoms with van der Waals surface area (Å²) >= 11 is 19.1. The lowest BCUT2D eigenvalue weighted by Crippen LogP contribution is -2.25. The van der Waals surface area contributed by atoms with Crippen LogP contribution in [0.1, 0.15) is 32.9 Å². The van der Waals surface area contributed by atoms with Gasteiger partial charge in [0.25, 0.3) is 5.91 Å².